The lowest BCUT2D eigenvalue weighted by atomic mass is 9.77. The average molecular weight is 239 g/mol. The number of likely N-dealkylation sites (N-methyl/N-ethyl adjacent to an activating group) is 1. The molecule has 2 nitrogen and oxygen atoms in total. The van der Waals surface area contributed by atoms with Crippen LogP contribution in [0.1, 0.15) is 25.7 Å². The Bertz CT molecular complexity index is 208. The number of nitrogens with one attached hydrogen (secondary N) is 1. The molecule has 1 saturated carbocycles. The molecular formula is C11H20F3NO. The van der Waals surface area contributed by atoms with Crippen molar-refractivity contribution in [1.82, 2.24) is 5.32 Å². The topological polar surface area (TPSA) is 21.3 Å². The third kappa shape index (κ3) is 3.63. The van der Waals surface area contributed by atoms with Crippen LogP contribution in [-0.4, -0.2) is 33.0 Å². The van der Waals surface area contributed by atoms with Gasteiger partial charge in [-0.15, -0.1) is 0 Å². The fraction of sp³-hybridized carbons (Fsp3) is 1.00. The van der Waals surface area contributed by atoms with Crippen LogP contribution in [0.3, 0.4) is 0 Å². The molecule has 0 aromatic heterocycles. The molecule has 3 unspecified atom stereocenters. The van der Waals surface area contributed by atoms with Gasteiger partial charge in [0.15, 0.2) is 0 Å². The monoisotopic (exact) mass is 239 g/mol. The largest absolute Gasteiger partial charge is 0.391 e. The second-order valence-corrected chi connectivity index (χ2v) is 4.52. The summed E-state index contributed by atoms with van der Waals surface area (Å²) in [6, 6.07) is 0.0372. The molecule has 0 bridgehead atoms. The van der Waals surface area contributed by atoms with Crippen molar-refractivity contribution in [3.63, 3.8) is 0 Å². The summed E-state index contributed by atoms with van der Waals surface area (Å²) >= 11 is 0. The zero-order valence-corrected chi connectivity index (χ0v) is 9.81. The maximum atomic E-state index is 12.6. The van der Waals surface area contributed by atoms with E-state index >= 15 is 0 Å². The van der Waals surface area contributed by atoms with Crippen LogP contribution in [0.25, 0.3) is 0 Å². The van der Waals surface area contributed by atoms with Crippen LogP contribution in [0.2, 0.25) is 0 Å². The van der Waals surface area contributed by atoms with Crippen molar-refractivity contribution in [2.75, 3.05) is 20.8 Å². The van der Waals surface area contributed by atoms with Crippen molar-refractivity contribution < 1.29 is 17.9 Å². The van der Waals surface area contributed by atoms with Crippen LogP contribution in [0.5, 0.6) is 0 Å². The van der Waals surface area contributed by atoms with Crippen molar-refractivity contribution in [3.05, 3.63) is 0 Å². The van der Waals surface area contributed by atoms with Gasteiger partial charge in [-0.2, -0.15) is 13.2 Å². The second-order valence-electron chi connectivity index (χ2n) is 4.52. The number of ether oxygens (including phenoxy) is 1. The molecule has 0 saturated heterocycles. The van der Waals surface area contributed by atoms with E-state index in [9.17, 15) is 13.2 Å². The quantitative estimate of drug-likeness (QED) is 0.814. The molecule has 16 heavy (non-hydrogen) atoms. The maximum absolute atomic E-state index is 12.6. The molecule has 0 aliphatic heterocycles. The molecule has 1 aliphatic rings. The van der Waals surface area contributed by atoms with E-state index in [1.165, 1.54) is 0 Å². The van der Waals surface area contributed by atoms with Crippen molar-refractivity contribution in [3.8, 4) is 0 Å². The molecule has 5 heteroatoms. The summed E-state index contributed by atoms with van der Waals surface area (Å²) in [5.41, 5.74) is 0. The van der Waals surface area contributed by atoms with Crippen molar-refractivity contribution in [1.29, 1.82) is 0 Å². The molecule has 96 valence electrons. The van der Waals surface area contributed by atoms with Crippen LogP contribution in [0.4, 0.5) is 13.2 Å². The van der Waals surface area contributed by atoms with E-state index in [0.717, 1.165) is 6.42 Å². The molecule has 1 N–H and O–H groups in total. The van der Waals surface area contributed by atoms with E-state index < -0.39 is 12.1 Å². The van der Waals surface area contributed by atoms with Gasteiger partial charge in [0.25, 0.3) is 0 Å². The van der Waals surface area contributed by atoms with Crippen molar-refractivity contribution in [2.45, 2.75) is 37.9 Å². The summed E-state index contributed by atoms with van der Waals surface area (Å²) < 4.78 is 42.9. The second kappa shape index (κ2) is 5.87. The summed E-state index contributed by atoms with van der Waals surface area (Å²) in [5.74, 6) is -1.05. The number of halogens is 3. The van der Waals surface area contributed by atoms with Crippen LogP contribution >= 0.6 is 0 Å². The lowest BCUT2D eigenvalue weighted by Gasteiger charge is -2.35. The minimum Gasteiger partial charge on any atom is -0.383 e. The van der Waals surface area contributed by atoms with Gasteiger partial charge in [0.1, 0.15) is 0 Å². The normalized spacial score (nSPS) is 29.1. The summed E-state index contributed by atoms with van der Waals surface area (Å²) in [6.45, 7) is 0.478. The summed E-state index contributed by atoms with van der Waals surface area (Å²) in [5, 5.41) is 3.05. The van der Waals surface area contributed by atoms with E-state index in [4.69, 9.17) is 4.74 Å². The third-order valence-electron chi connectivity index (χ3n) is 3.46. The van der Waals surface area contributed by atoms with Gasteiger partial charge in [-0.3, -0.25) is 0 Å². The Labute approximate surface area is 94.5 Å². The van der Waals surface area contributed by atoms with E-state index in [2.05, 4.69) is 5.32 Å². The molecule has 0 aromatic rings. The summed E-state index contributed by atoms with van der Waals surface area (Å²) in [7, 11) is 3.36. The predicted octanol–water partition coefficient (Wildman–Crippen LogP) is 2.59. The number of rotatable bonds is 4. The van der Waals surface area contributed by atoms with Gasteiger partial charge in [0, 0.05) is 13.2 Å². The molecule has 0 spiro atoms. The first-order valence-corrected chi connectivity index (χ1v) is 5.72. The number of alkyl halides is 3. The molecule has 0 heterocycles. The molecule has 1 aliphatic carbocycles. The smallest absolute Gasteiger partial charge is 0.383 e. The zero-order chi connectivity index (χ0) is 12.2. The highest BCUT2D eigenvalue weighted by molar-refractivity contribution is 4.84. The Balaban J connectivity index is 2.55. The first kappa shape index (κ1) is 13.8. The van der Waals surface area contributed by atoms with Crippen molar-refractivity contribution >= 4 is 0 Å². The predicted molar refractivity (Wildman–Crippen MR) is 56.2 cm³/mol. The number of hydrogen-bond donors (Lipinski definition) is 1. The average Bonchev–Trinajstić information content (AvgIpc) is 2.25. The Kier molecular flexibility index (Phi) is 5.05. The molecule has 0 radical (unpaired) electrons. The molecular weight excluding hydrogens is 219 g/mol. The highest BCUT2D eigenvalue weighted by atomic mass is 19.4. The third-order valence-corrected chi connectivity index (χ3v) is 3.46. The fourth-order valence-corrected chi connectivity index (χ4v) is 2.53. The van der Waals surface area contributed by atoms with E-state index in [0.29, 0.717) is 13.0 Å². The summed E-state index contributed by atoms with van der Waals surface area (Å²) in [4.78, 5) is 0. The SMILES string of the molecule is CNC(COC)C1CCCC(C(F)(F)F)C1. The zero-order valence-electron chi connectivity index (χ0n) is 9.81. The minimum absolute atomic E-state index is 0.0372. The van der Waals surface area contributed by atoms with Crippen molar-refractivity contribution in [2.24, 2.45) is 11.8 Å². The first-order valence-electron chi connectivity index (χ1n) is 5.72. The van der Waals surface area contributed by atoms with Gasteiger partial charge in [0.2, 0.25) is 0 Å². The fourth-order valence-electron chi connectivity index (χ4n) is 2.53. The van der Waals surface area contributed by atoms with Gasteiger partial charge in [0.05, 0.1) is 12.5 Å². The molecule has 1 rings (SSSR count). The Morgan fingerprint density at radius 3 is 2.56 bits per heavy atom. The molecule has 1 fully saturated rings. The van der Waals surface area contributed by atoms with E-state index in [-0.39, 0.29) is 24.8 Å². The van der Waals surface area contributed by atoms with Gasteiger partial charge < -0.3 is 10.1 Å². The van der Waals surface area contributed by atoms with Gasteiger partial charge >= 0.3 is 6.18 Å². The van der Waals surface area contributed by atoms with Gasteiger partial charge in [-0.05, 0) is 32.2 Å². The summed E-state index contributed by atoms with van der Waals surface area (Å²) in [6.07, 6.45) is -2.00. The lowest BCUT2D eigenvalue weighted by Crippen LogP contribution is -2.42. The number of hydrogen-bond acceptors (Lipinski definition) is 2. The number of methoxy groups -OCH3 is 1. The Morgan fingerprint density at radius 1 is 1.38 bits per heavy atom. The highest BCUT2D eigenvalue weighted by Gasteiger charge is 2.43. The molecule has 0 amide bonds. The maximum Gasteiger partial charge on any atom is 0.391 e. The van der Waals surface area contributed by atoms with Gasteiger partial charge in [-0.25, -0.2) is 0 Å². The van der Waals surface area contributed by atoms with Crippen LogP contribution in [0, 0.1) is 11.8 Å². The van der Waals surface area contributed by atoms with Crippen LogP contribution < -0.4 is 5.32 Å². The van der Waals surface area contributed by atoms with Crippen LogP contribution in [0.15, 0.2) is 0 Å². The Morgan fingerprint density at radius 2 is 2.06 bits per heavy atom. The van der Waals surface area contributed by atoms with E-state index in [1.807, 2.05) is 0 Å². The van der Waals surface area contributed by atoms with E-state index in [1.54, 1.807) is 14.2 Å². The lowest BCUT2D eigenvalue weighted by molar-refractivity contribution is -0.186. The minimum atomic E-state index is -4.04. The van der Waals surface area contributed by atoms with Crippen LogP contribution in [-0.2, 0) is 4.74 Å². The Hall–Kier alpha value is -0.290. The molecule has 3 atom stereocenters. The highest BCUT2D eigenvalue weighted by Crippen LogP contribution is 2.40. The van der Waals surface area contributed by atoms with Gasteiger partial charge in [-0.1, -0.05) is 6.42 Å². The first-order chi connectivity index (χ1) is 7.49. The molecule has 0 aromatic carbocycles. The standard InChI is InChI=1S/C11H20F3NO/c1-15-10(7-16-2)8-4-3-5-9(6-8)11(12,13)14/h8-10,15H,3-7H2,1-2H3.